The van der Waals surface area contributed by atoms with Crippen LogP contribution >= 0.6 is 11.6 Å². The Morgan fingerprint density at radius 2 is 1.75 bits per heavy atom. The van der Waals surface area contributed by atoms with Gasteiger partial charge in [-0.3, -0.25) is 4.79 Å². The van der Waals surface area contributed by atoms with Crippen molar-refractivity contribution in [2.45, 2.75) is 20.0 Å². The van der Waals surface area contributed by atoms with E-state index in [-0.39, 0.29) is 5.43 Å². The zero-order valence-corrected chi connectivity index (χ0v) is 19.1. The number of hydrogen-bond acceptors (Lipinski definition) is 4. The van der Waals surface area contributed by atoms with E-state index in [1.165, 1.54) is 10.5 Å². The van der Waals surface area contributed by atoms with Crippen LogP contribution in [0.3, 0.4) is 0 Å². The van der Waals surface area contributed by atoms with Crippen LogP contribution < -0.4 is 29.4 Å². The van der Waals surface area contributed by atoms with E-state index in [9.17, 15) is 4.79 Å². The minimum atomic E-state index is 0.00258. The lowest BCUT2D eigenvalue weighted by Gasteiger charge is -2.30. The van der Waals surface area contributed by atoms with Gasteiger partial charge in [0.25, 0.3) is 0 Å². The monoisotopic (exact) mass is 457 g/mol. The second-order valence-corrected chi connectivity index (χ2v) is 9.01. The smallest absolute Gasteiger partial charge is 0.231 e. The lowest BCUT2D eigenvalue weighted by molar-refractivity contribution is -1.02. The van der Waals surface area contributed by atoms with Crippen molar-refractivity contribution in [3.05, 3.63) is 62.4 Å². The van der Waals surface area contributed by atoms with Crippen LogP contribution in [0.15, 0.2) is 35.1 Å². The molecule has 0 spiro atoms. The van der Waals surface area contributed by atoms with E-state index in [0.717, 1.165) is 55.5 Å². The van der Waals surface area contributed by atoms with E-state index in [0.29, 0.717) is 35.0 Å². The number of H-pyrrole nitrogens is 1. The summed E-state index contributed by atoms with van der Waals surface area (Å²) in [7, 11) is 1.60. The van der Waals surface area contributed by atoms with Gasteiger partial charge in [0.05, 0.1) is 28.6 Å². The molecule has 2 aliphatic heterocycles. The molecule has 7 nitrogen and oxygen atoms in total. The molecule has 3 N–H and O–H groups in total. The summed E-state index contributed by atoms with van der Waals surface area (Å²) in [5, 5.41) is 0.967. The molecule has 2 aromatic carbocycles. The molecule has 0 bridgehead atoms. The van der Waals surface area contributed by atoms with E-state index in [1.54, 1.807) is 24.1 Å². The van der Waals surface area contributed by atoms with Gasteiger partial charge in [0.1, 0.15) is 45.0 Å². The van der Waals surface area contributed by atoms with Gasteiger partial charge >= 0.3 is 0 Å². The summed E-state index contributed by atoms with van der Waals surface area (Å²) >= 11 is 6.39. The van der Waals surface area contributed by atoms with Gasteiger partial charge in [-0.15, -0.1) is 0 Å². The highest BCUT2D eigenvalue weighted by Crippen LogP contribution is 2.32. The Morgan fingerprint density at radius 1 is 1.03 bits per heavy atom. The number of halogens is 1. The van der Waals surface area contributed by atoms with E-state index < -0.39 is 0 Å². The maximum absolute atomic E-state index is 13.3. The number of nitrogens with one attached hydrogen (secondary N) is 3. The number of benzene rings is 2. The van der Waals surface area contributed by atoms with Crippen LogP contribution in [0.4, 0.5) is 0 Å². The van der Waals surface area contributed by atoms with Crippen LogP contribution in [0, 0.1) is 6.92 Å². The first-order valence-electron chi connectivity index (χ1n) is 11.0. The number of aryl methyl sites for hydroxylation is 1. The van der Waals surface area contributed by atoms with Crippen molar-refractivity contribution in [1.29, 1.82) is 0 Å². The molecule has 0 aliphatic carbocycles. The number of aromatic nitrogens is 1. The number of hydrogen-bond donors (Lipinski definition) is 3. The van der Waals surface area contributed by atoms with Gasteiger partial charge in [-0.1, -0.05) is 11.6 Å². The average molecular weight is 458 g/mol. The van der Waals surface area contributed by atoms with Crippen LogP contribution in [0.5, 0.6) is 17.2 Å². The van der Waals surface area contributed by atoms with Gasteiger partial charge in [-0.2, -0.15) is 0 Å². The predicted octanol–water partition coefficient (Wildman–Crippen LogP) is 0.711. The molecule has 0 atom stereocenters. The molecule has 0 amide bonds. The summed E-state index contributed by atoms with van der Waals surface area (Å²) in [6.07, 6.45) is 0. The van der Waals surface area contributed by atoms with E-state index in [2.05, 4.69) is 17.1 Å². The summed E-state index contributed by atoms with van der Waals surface area (Å²) in [5.41, 5.74) is 3.62. The highest BCUT2D eigenvalue weighted by Gasteiger charge is 2.26. The maximum atomic E-state index is 13.3. The Kier molecular flexibility index (Phi) is 5.71. The SMILES string of the molecule is COc1ccc(Cl)c2c(=O)c(C[NH+]3CC[NH+](Cc4ccc5c(c4)OCO5)CC3)c(C)[nH]c12. The van der Waals surface area contributed by atoms with E-state index >= 15 is 0 Å². The second kappa shape index (κ2) is 8.65. The van der Waals surface area contributed by atoms with Crippen molar-refractivity contribution in [2.24, 2.45) is 0 Å². The van der Waals surface area contributed by atoms with E-state index in [1.807, 2.05) is 13.0 Å². The molecular weight excluding hydrogens is 430 g/mol. The number of rotatable bonds is 5. The summed E-state index contributed by atoms with van der Waals surface area (Å²) in [6.45, 7) is 8.07. The summed E-state index contributed by atoms with van der Waals surface area (Å²) in [4.78, 5) is 19.6. The average Bonchev–Trinajstić information content (AvgIpc) is 3.26. The van der Waals surface area contributed by atoms with Gasteiger partial charge in [-0.05, 0) is 37.3 Å². The van der Waals surface area contributed by atoms with Crippen LogP contribution in [0.1, 0.15) is 16.8 Å². The summed E-state index contributed by atoms with van der Waals surface area (Å²) in [5.74, 6) is 2.29. The third-order valence-electron chi connectivity index (χ3n) is 6.58. The van der Waals surface area contributed by atoms with Gasteiger partial charge in [0.2, 0.25) is 6.79 Å². The van der Waals surface area contributed by atoms with Crippen LogP contribution in [-0.4, -0.2) is 45.1 Å². The predicted molar refractivity (Wildman–Crippen MR) is 122 cm³/mol. The largest absolute Gasteiger partial charge is 0.495 e. The zero-order chi connectivity index (χ0) is 22.2. The molecular formula is C24H28ClN3O4+2. The maximum Gasteiger partial charge on any atom is 0.231 e. The molecule has 1 aromatic heterocycles. The molecule has 168 valence electrons. The Morgan fingerprint density at radius 3 is 2.50 bits per heavy atom. The summed E-state index contributed by atoms with van der Waals surface area (Å²) < 4.78 is 16.3. The van der Waals surface area contributed by atoms with Gasteiger partial charge in [0, 0.05) is 11.3 Å². The molecule has 1 saturated heterocycles. The Labute approximate surface area is 191 Å². The van der Waals surface area contributed by atoms with Crippen LogP contribution in [0.2, 0.25) is 5.02 Å². The Hall–Kier alpha value is -2.74. The second-order valence-electron chi connectivity index (χ2n) is 8.60. The fourth-order valence-corrected chi connectivity index (χ4v) is 5.01. The van der Waals surface area contributed by atoms with Gasteiger partial charge in [-0.25, -0.2) is 0 Å². The molecule has 0 saturated carbocycles. The Bertz CT molecular complexity index is 1220. The minimum Gasteiger partial charge on any atom is -0.495 e. The minimum absolute atomic E-state index is 0.00258. The van der Waals surface area contributed by atoms with Crippen molar-refractivity contribution in [1.82, 2.24) is 4.98 Å². The highest BCUT2D eigenvalue weighted by atomic mass is 35.5. The first kappa shape index (κ1) is 21.1. The number of quaternary nitrogens is 2. The van der Waals surface area contributed by atoms with Crippen molar-refractivity contribution in [2.75, 3.05) is 40.1 Å². The number of methoxy groups -OCH3 is 1. The number of piperazine rings is 1. The number of fused-ring (bicyclic) bond motifs is 2. The molecule has 32 heavy (non-hydrogen) atoms. The molecule has 0 unspecified atom stereocenters. The van der Waals surface area contributed by atoms with Gasteiger partial charge < -0.3 is 29.0 Å². The molecule has 5 rings (SSSR count). The van der Waals surface area contributed by atoms with Crippen LogP contribution in [-0.2, 0) is 13.1 Å². The fraction of sp³-hybridized carbons (Fsp3) is 0.375. The van der Waals surface area contributed by atoms with Crippen molar-refractivity contribution >= 4 is 22.5 Å². The molecule has 1 fully saturated rings. The van der Waals surface area contributed by atoms with Crippen molar-refractivity contribution < 1.29 is 24.0 Å². The summed E-state index contributed by atoms with van der Waals surface area (Å²) in [6, 6.07) is 9.71. The molecule has 2 aliphatic rings. The lowest BCUT2D eigenvalue weighted by atomic mass is 10.1. The molecule has 3 aromatic rings. The van der Waals surface area contributed by atoms with Crippen LogP contribution in [0.25, 0.3) is 10.9 Å². The highest BCUT2D eigenvalue weighted by molar-refractivity contribution is 6.35. The topological polar surface area (TPSA) is 69.4 Å². The van der Waals surface area contributed by atoms with Gasteiger partial charge in [0.15, 0.2) is 16.9 Å². The standard InChI is InChI=1S/C24H26ClN3O4/c1-15-17(24(29)22-18(25)4-6-20(30-2)23(22)26-15)13-28-9-7-27(8-10-28)12-16-3-5-19-21(11-16)32-14-31-19/h3-6,11H,7-10,12-14H2,1-2H3,(H,26,29)/p+2. The molecule has 8 heteroatoms. The van der Waals surface area contributed by atoms with Crippen molar-refractivity contribution in [3.63, 3.8) is 0 Å². The number of ether oxygens (including phenoxy) is 3. The lowest BCUT2D eigenvalue weighted by Crippen LogP contribution is -3.27. The zero-order valence-electron chi connectivity index (χ0n) is 18.3. The number of pyridine rings is 1. The molecule has 0 radical (unpaired) electrons. The molecule has 3 heterocycles. The fourth-order valence-electron chi connectivity index (χ4n) is 4.77. The first-order chi connectivity index (χ1) is 15.5. The first-order valence-corrected chi connectivity index (χ1v) is 11.3. The number of aromatic amines is 1. The third kappa shape index (κ3) is 3.92. The van der Waals surface area contributed by atoms with E-state index in [4.69, 9.17) is 25.8 Å². The third-order valence-corrected chi connectivity index (χ3v) is 6.90. The normalized spacial score (nSPS) is 20.0. The van der Waals surface area contributed by atoms with Crippen molar-refractivity contribution in [3.8, 4) is 17.2 Å². The Balaban J connectivity index is 1.28. The quantitative estimate of drug-likeness (QED) is 0.528.